The standard InChI is InChI=1S/C13H13Cl2NS/c1-8-9(6-7-17-8)13(16-2)12-10(14)4-3-5-11(12)15/h3-7,13,16H,1-2H3. The zero-order valence-corrected chi connectivity index (χ0v) is 12.0. The third kappa shape index (κ3) is 2.50. The molecular weight excluding hydrogens is 273 g/mol. The van der Waals surface area contributed by atoms with Crippen molar-refractivity contribution in [3.8, 4) is 0 Å². The number of benzene rings is 1. The van der Waals surface area contributed by atoms with Gasteiger partial charge in [0, 0.05) is 20.5 Å². The van der Waals surface area contributed by atoms with Crippen LogP contribution in [0.5, 0.6) is 0 Å². The molecule has 0 aliphatic rings. The lowest BCUT2D eigenvalue weighted by Crippen LogP contribution is -2.18. The molecule has 1 aromatic carbocycles. The van der Waals surface area contributed by atoms with Gasteiger partial charge in [-0.2, -0.15) is 0 Å². The number of thiophene rings is 1. The molecule has 0 aliphatic heterocycles. The smallest absolute Gasteiger partial charge is 0.0614 e. The van der Waals surface area contributed by atoms with E-state index in [-0.39, 0.29) is 6.04 Å². The van der Waals surface area contributed by atoms with Crippen molar-refractivity contribution in [3.63, 3.8) is 0 Å². The molecule has 90 valence electrons. The van der Waals surface area contributed by atoms with E-state index in [4.69, 9.17) is 23.2 Å². The minimum atomic E-state index is 0.0439. The van der Waals surface area contributed by atoms with E-state index >= 15 is 0 Å². The van der Waals surface area contributed by atoms with Gasteiger partial charge in [0.15, 0.2) is 0 Å². The van der Waals surface area contributed by atoms with Crippen LogP contribution in [0.4, 0.5) is 0 Å². The molecule has 0 saturated carbocycles. The Hall–Kier alpha value is -0.540. The Morgan fingerprint density at radius 3 is 2.29 bits per heavy atom. The Morgan fingerprint density at radius 1 is 1.18 bits per heavy atom. The number of hydrogen-bond donors (Lipinski definition) is 1. The summed E-state index contributed by atoms with van der Waals surface area (Å²) < 4.78 is 0. The van der Waals surface area contributed by atoms with Crippen LogP contribution in [-0.2, 0) is 0 Å². The molecule has 0 spiro atoms. The Bertz CT molecular complexity index is 502. The molecule has 0 aliphatic carbocycles. The second kappa shape index (κ2) is 5.40. The van der Waals surface area contributed by atoms with Gasteiger partial charge in [-0.3, -0.25) is 0 Å². The van der Waals surface area contributed by atoms with Crippen molar-refractivity contribution in [1.82, 2.24) is 5.32 Å². The van der Waals surface area contributed by atoms with E-state index in [1.807, 2.05) is 25.2 Å². The molecule has 0 amide bonds. The van der Waals surface area contributed by atoms with E-state index in [9.17, 15) is 0 Å². The predicted octanol–water partition coefficient (Wildman–Crippen LogP) is 4.67. The van der Waals surface area contributed by atoms with Gasteiger partial charge in [-0.15, -0.1) is 11.3 Å². The highest BCUT2D eigenvalue weighted by atomic mass is 35.5. The van der Waals surface area contributed by atoms with Crippen LogP contribution >= 0.6 is 34.5 Å². The zero-order valence-electron chi connectivity index (χ0n) is 9.63. The van der Waals surface area contributed by atoms with Crippen molar-refractivity contribution >= 4 is 34.5 Å². The van der Waals surface area contributed by atoms with Crippen molar-refractivity contribution in [2.24, 2.45) is 0 Å². The number of halogens is 2. The summed E-state index contributed by atoms with van der Waals surface area (Å²) in [5.74, 6) is 0. The summed E-state index contributed by atoms with van der Waals surface area (Å²) in [5, 5.41) is 6.76. The lowest BCUT2D eigenvalue weighted by molar-refractivity contribution is 0.691. The number of nitrogens with one attached hydrogen (secondary N) is 1. The molecule has 0 radical (unpaired) electrons. The molecule has 2 aromatic rings. The van der Waals surface area contributed by atoms with Gasteiger partial charge < -0.3 is 5.32 Å². The quantitative estimate of drug-likeness (QED) is 0.864. The third-order valence-corrected chi connectivity index (χ3v) is 4.31. The van der Waals surface area contributed by atoms with Crippen LogP contribution in [0.2, 0.25) is 10.0 Å². The highest BCUT2D eigenvalue weighted by Gasteiger charge is 2.20. The van der Waals surface area contributed by atoms with E-state index in [0.717, 1.165) is 5.56 Å². The summed E-state index contributed by atoms with van der Waals surface area (Å²) in [4.78, 5) is 1.28. The van der Waals surface area contributed by atoms with Gasteiger partial charge in [-0.1, -0.05) is 29.3 Å². The van der Waals surface area contributed by atoms with Gasteiger partial charge in [0.25, 0.3) is 0 Å². The molecule has 1 aromatic heterocycles. The van der Waals surface area contributed by atoms with E-state index in [1.54, 1.807) is 11.3 Å². The van der Waals surface area contributed by atoms with Crippen LogP contribution in [0, 0.1) is 6.92 Å². The van der Waals surface area contributed by atoms with Crippen LogP contribution in [0.15, 0.2) is 29.6 Å². The van der Waals surface area contributed by atoms with Crippen molar-refractivity contribution in [2.45, 2.75) is 13.0 Å². The molecule has 0 bridgehead atoms. The van der Waals surface area contributed by atoms with Gasteiger partial charge in [-0.25, -0.2) is 0 Å². The fourth-order valence-corrected chi connectivity index (χ4v) is 3.29. The molecule has 17 heavy (non-hydrogen) atoms. The van der Waals surface area contributed by atoms with Crippen molar-refractivity contribution < 1.29 is 0 Å². The van der Waals surface area contributed by atoms with Gasteiger partial charge in [0.1, 0.15) is 0 Å². The monoisotopic (exact) mass is 285 g/mol. The maximum absolute atomic E-state index is 6.25. The average molecular weight is 286 g/mol. The first kappa shape index (κ1) is 12.9. The minimum Gasteiger partial charge on any atom is -0.309 e. The lowest BCUT2D eigenvalue weighted by atomic mass is 9.99. The molecular formula is C13H13Cl2NS. The molecule has 1 nitrogen and oxygen atoms in total. The summed E-state index contributed by atoms with van der Waals surface area (Å²) in [5.41, 5.74) is 2.17. The Labute approximate surface area is 115 Å². The number of aryl methyl sites for hydroxylation is 1. The zero-order chi connectivity index (χ0) is 12.4. The van der Waals surface area contributed by atoms with Crippen LogP contribution in [0.25, 0.3) is 0 Å². The fraction of sp³-hybridized carbons (Fsp3) is 0.231. The van der Waals surface area contributed by atoms with Gasteiger partial charge in [0.2, 0.25) is 0 Å². The molecule has 1 heterocycles. The maximum atomic E-state index is 6.25. The SMILES string of the molecule is CNC(c1ccsc1C)c1c(Cl)cccc1Cl. The number of rotatable bonds is 3. The molecule has 2 rings (SSSR count). The van der Waals surface area contributed by atoms with Crippen LogP contribution in [0.3, 0.4) is 0 Å². The summed E-state index contributed by atoms with van der Waals surface area (Å²) in [6, 6.07) is 7.76. The summed E-state index contributed by atoms with van der Waals surface area (Å²) in [7, 11) is 1.92. The van der Waals surface area contributed by atoms with Gasteiger partial charge in [0.05, 0.1) is 6.04 Å². The lowest BCUT2D eigenvalue weighted by Gasteiger charge is -2.19. The summed E-state index contributed by atoms with van der Waals surface area (Å²) in [6.45, 7) is 2.11. The molecule has 1 unspecified atom stereocenters. The molecule has 1 atom stereocenters. The Morgan fingerprint density at radius 2 is 1.82 bits per heavy atom. The maximum Gasteiger partial charge on any atom is 0.0614 e. The summed E-state index contributed by atoms with van der Waals surface area (Å²) in [6.07, 6.45) is 0. The van der Waals surface area contributed by atoms with E-state index in [2.05, 4.69) is 23.7 Å². The predicted molar refractivity (Wildman–Crippen MR) is 76.4 cm³/mol. The van der Waals surface area contributed by atoms with E-state index in [1.165, 1.54) is 10.4 Å². The Balaban J connectivity index is 2.53. The second-order valence-electron chi connectivity index (χ2n) is 3.79. The molecule has 0 saturated heterocycles. The summed E-state index contributed by atoms with van der Waals surface area (Å²) >= 11 is 14.2. The highest BCUT2D eigenvalue weighted by molar-refractivity contribution is 7.10. The van der Waals surface area contributed by atoms with Crippen molar-refractivity contribution in [3.05, 3.63) is 55.7 Å². The highest BCUT2D eigenvalue weighted by Crippen LogP contribution is 2.36. The normalized spacial score (nSPS) is 12.7. The van der Waals surface area contributed by atoms with Gasteiger partial charge >= 0.3 is 0 Å². The Kier molecular flexibility index (Phi) is 4.10. The van der Waals surface area contributed by atoms with E-state index in [0.29, 0.717) is 10.0 Å². The first-order valence-corrected chi connectivity index (χ1v) is 6.94. The first-order chi connectivity index (χ1) is 8.15. The van der Waals surface area contributed by atoms with Crippen LogP contribution in [-0.4, -0.2) is 7.05 Å². The number of hydrogen-bond acceptors (Lipinski definition) is 2. The molecule has 0 fully saturated rings. The van der Waals surface area contributed by atoms with Crippen LogP contribution < -0.4 is 5.32 Å². The van der Waals surface area contributed by atoms with Crippen LogP contribution in [0.1, 0.15) is 22.0 Å². The molecule has 4 heteroatoms. The third-order valence-electron chi connectivity index (χ3n) is 2.79. The minimum absolute atomic E-state index is 0.0439. The average Bonchev–Trinajstić information content (AvgIpc) is 2.70. The van der Waals surface area contributed by atoms with Gasteiger partial charge in [-0.05, 0) is 43.1 Å². The first-order valence-electron chi connectivity index (χ1n) is 5.30. The molecule has 1 N–H and O–H groups in total. The van der Waals surface area contributed by atoms with Crippen molar-refractivity contribution in [1.29, 1.82) is 0 Å². The second-order valence-corrected chi connectivity index (χ2v) is 5.72. The fourth-order valence-electron chi connectivity index (χ4n) is 1.94. The largest absolute Gasteiger partial charge is 0.309 e. The van der Waals surface area contributed by atoms with Crippen molar-refractivity contribution in [2.75, 3.05) is 7.05 Å². The van der Waals surface area contributed by atoms with E-state index < -0.39 is 0 Å². The topological polar surface area (TPSA) is 12.0 Å².